The van der Waals surface area contributed by atoms with Gasteiger partial charge >= 0.3 is 5.69 Å². The molecule has 7 heteroatoms. The van der Waals surface area contributed by atoms with E-state index in [1.54, 1.807) is 6.92 Å². The Morgan fingerprint density at radius 3 is 2.69 bits per heavy atom. The maximum absolute atomic E-state index is 13.3. The van der Waals surface area contributed by atoms with E-state index in [9.17, 15) is 18.9 Å². The summed E-state index contributed by atoms with van der Waals surface area (Å²) >= 11 is 2.01. The van der Waals surface area contributed by atoms with E-state index in [0.29, 0.717) is 6.07 Å². The van der Waals surface area contributed by atoms with Gasteiger partial charge in [-0.2, -0.15) is 4.39 Å². The summed E-state index contributed by atoms with van der Waals surface area (Å²) in [7, 11) is 0. The Balaban J connectivity index is 3.11. The fourth-order valence-electron chi connectivity index (χ4n) is 1.00. The molecule has 1 aromatic rings. The molecule has 0 fully saturated rings. The fraction of sp³-hybridized carbons (Fsp3) is 0.333. The van der Waals surface area contributed by atoms with Crippen LogP contribution in [0.3, 0.4) is 0 Å². The highest BCUT2D eigenvalue weighted by atomic mass is 127. The van der Waals surface area contributed by atoms with Crippen LogP contribution >= 0.6 is 22.6 Å². The Bertz CT molecular complexity index is 412. The molecule has 0 heterocycles. The lowest BCUT2D eigenvalue weighted by atomic mass is 10.2. The first-order chi connectivity index (χ1) is 7.43. The van der Waals surface area contributed by atoms with Crippen LogP contribution in [0.15, 0.2) is 12.1 Å². The Morgan fingerprint density at radius 1 is 1.56 bits per heavy atom. The largest absolute Gasteiger partial charge is 0.484 e. The summed E-state index contributed by atoms with van der Waals surface area (Å²) in [4.78, 5) is 9.75. The number of hydrogen-bond donors (Lipinski definition) is 0. The third-order valence-corrected chi connectivity index (χ3v) is 2.04. The Kier molecular flexibility index (Phi) is 4.39. The smallest absolute Gasteiger partial charge is 0.314 e. The van der Waals surface area contributed by atoms with Crippen molar-refractivity contribution in [1.82, 2.24) is 0 Å². The van der Waals surface area contributed by atoms with Crippen molar-refractivity contribution in [3.05, 3.63) is 33.9 Å². The van der Waals surface area contributed by atoms with Gasteiger partial charge < -0.3 is 4.74 Å². The minimum absolute atomic E-state index is 0.0277. The van der Waals surface area contributed by atoms with Gasteiger partial charge in [-0.25, -0.2) is 4.39 Å². The molecule has 88 valence electrons. The van der Waals surface area contributed by atoms with Gasteiger partial charge in [-0.1, -0.05) is 29.5 Å². The van der Waals surface area contributed by atoms with Crippen molar-refractivity contribution in [2.45, 2.75) is 10.8 Å². The van der Waals surface area contributed by atoms with E-state index in [4.69, 9.17) is 4.74 Å². The third kappa shape index (κ3) is 3.00. The standard InChI is InChI=1S/C9H8F2INO3/c1-5(12)4-16-9-7(13(14)15)3-2-6(10)8(9)11/h2-3,5H,4H2,1H3/t5-/m1/s1. The first-order valence-corrected chi connectivity index (χ1v) is 5.57. The third-order valence-electron chi connectivity index (χ3n) is 1.68. The molecule has 0 aromatic heterocycles. The minimum atomic E-state index is -1.33. The Labute approximate surface area is 104 Å². The molecule has 0 aliphatic rings. The summed E-state index contributed by atoms with van der Waals surface area (Å²) < 4.78 is 31.1. The van der Waals surface area contributed by atoms with Crippen molar-refractivity contribution in [3.63, 3.8) is 0 Å². The quantitative estimate of drug-likeness (QED) is 0.365. The van der Waals surface area contributed by atoms with Gasteiger partial charge in [0.05, 0.1) is 4.92 Å². The Hall–Kier alpha value is -0.990. The molecule has 0 spiro atoms. The van der Waals surface area contributed by atoms with E-state index in [0.717, 1.165) is 6.07 Å². The zero-order valence-electron chi connectivity index (χ0n) is 8.25. The number of halogens is 3. The average molecular weight is 343 g/mol. The molecule has 0 N–H and O–H groups in total. The fourth-order valence-corrected chi connectivity index (χ4v) is 1.18. The van der Waals surface area contributed by atoms with E-state index in [1.807, 2.05) is 22.6 Å². The summed E-state index contributed by atoms with van der Waals surface area (Å²) in [6.45, 7) is 1.85. The van der Waals surface area contributed by atoms with E-state index in [-0.39, 0.29) is 10.5 Å². The van der Waals surface area contributed by atoms with Gasteiger partial charge in [0.25, 0.3) is 0 Å². The number of alkyl halides is 1. The van der Waals surface area contributed by atoms with Gasteiger partial charge in [0, 0.05) is 9.99 Å². The van der Waals surface area contributed by atoms with Crippen molar-refractivity contribution in [1.29, 1.82) is 0 Å². The number of ether oxygens (including phenoxy) is 1. The maximum Gasteiger partial charge on any atom is 0.314 e. The molecule has 0 saturated carbocycles. The molecular formula is C9H8F2INO3. The molecule has 0 aliphatic heterocycles. The van der Waals surface area contributed by atoms with Crippen LogP contribution in [0, 0.1) is 21.7 Å². The SMILES string of the molecule is C[C@@H](I)COc1c([N+](=O)[O-])ccc(F)c1F. The molecule has 0 saturated heterocycles. The highest BCUT2D eigenvalue weighted by Crippen LogP contribution is 2.31. The lowest BCUT2D eigenvalue weighted by Crippen LogP contribution is -2.10. The van der Waals surface area contributed by atoms with Crippen LogP contribution in [0.4, 0.5) is 14.5 Å². The molecule has 1 atom stereocenters. The van der Waals surface area contributed by atoms with Crippen molar-refractivity contribution in [2.75, 3.05) is 6.61 Å². The van der Waals surface area contributed by atoms with Crippen LogP contribution < -0.4 is 4.74 Å². The average Bonchev–Trinajstić information content (AvgIpc) is 2.19. The lowest BCUT2D eigenvalue weighted by molar-refractivity contribution is -0.386. The van der Waals surface area contributed by atoms with Crippen LogP contribution in [-0.4, -0.2) is 15.5 Å². The van der Waals surface area contributed by atoms with Gasteiger partial charge in [0.15, 0.2) is 5.82 Å². The van der Waals surface area contributed by atoms with Gasteiger partial charge in [0.2, 0.25) is 11.6 Å². The van der Waals surface area contributed by atoms with E-state index >= 15 is 0 Å². The Morgan fingerprint density at radius 2 is 2.19 bits per heavy atom. The number of nitro groups is 1. The van der Waals surface area contributed by atoms with Crippen LogP contribution in [0.2, 0.25) is 0 Å². The van der Waals surface area contributed by atoms with Crippen LogP contribution in [0.1, 0.15) is 6.92 Å². The zero-order valence-corrected chi connectivity index (χ0v) is 10.4. The summed E-state index contributed by atoms with van der Waals surface area (Å²) in [5, 5.41) is 10.6. The summed E-state index contributed by atoms with van der Waals surface area (Å²) in [6.07, 6.45) is 0. The van der Waals surface area contributed by atoms with Crippen LogP contribution in [-0.2, 0) is 0 Å². The molecular weight excluding hydrogens is 335 g/mol. The first kappa shape index (κ1) is 13.1. The zero-order chi connectivity index (χ0) is 12.3. The molecule has 0 radical (unpaired) electrons. The molecule has 16 heavy (non-hydrogen) atoms. The number of nitro benzene ring substituents is 1. The summed E-state index contributed by atoms with van der Waals surface area (Å²) in [5.41, 5.74) is -0.573. The molecule has 0 aliphatic carbocycles. The number of hydrogen-bond acceptors (Lipinski definition) is 3. The summed E-state index contributed by atoms with van der Waals surface area (Å²) in [5.74, 6) is -3.14. The van der Waals surface area contributed by atoms with Crippen molar-refractivity contribution < 1.29 is 18.4 Å². The highest BCUT2D eigenvalue weighted by molar-refractivity contribution is 14.1. The number of nitrogens with zero attached hydrogens (tertiary/aromatic N) is 1. The topological polar surface area (TPSA) is 52.4 Å². The first-order valence-electron chi connectivity index (χ1n) is 4.32. The normalized spacial score (nSPS) is 12.2. The van der Waals surface area contributed by atoms with Crippen molar-refractivity contribution in [3.8, 4) is 5.75 Å². The second kappa shape index (κ2) is 5.37. The summed E-state index contributed by atoms with van der Waals surface area (Å²) in [6, 6.07) is 1.58. The number of benzene rings is 1. The molecule has 0 amide bonds. The molecule has 4 nitrogen and oxygen atoms in total. The maximum atomic E-state index is 13.3. The van der Waals surface area contributed by atoms with Crippen molar-refractivity contribution >= 4 is 28.3 Å². The van der Waals surface area contributed by atoms with Crippen LogP contribution in [0.25, 0.3) is 0 Å². The van der Waals surface area contributed by atoms with Gasteiger partial charge in [-0.05, 0) is 6.07 Å². The van der Waals surface area contributed by atoms with E-state index < -0.39 is 28.0 Å². The molecule has 0 bridgehead atoms. The van der Waals surface area contributed by atoms with Crippen molar-refractivity contribution in [2.24, 2.45) is 0 Å². The number of rotatable bonds is 4. The predicted molar refractivity (Wildman–Crippen MR) is 62.0 cm³/mol. The second-order valence-corrected chi connectivity index (χ2v) is 5.18. The monoisotopic (exact) mass is 343 g/mol. The second-order valence-electron chi connectivity index (χ2n) is 3.06. The van der Waals surface area contributed by atoms with Crippen LogP contribution in [0.5, 0.6) is 5.75 Å². The van der Waals surface area contributed by atoms with E-state index in [1.165, 1.54) is 0 Å². The molecule has 1 rings (SSSR count). The van der Waals surface area contributed by atoms with Gasteiger partial charge in [0.1, 0.15) is 6.61 Å². The predicted octanol–water partition coefficient (Wildman–Crippen LogP) is 3.08. The van der Waals surface area contributed by atoms with Gasteiger partial charge in [-0.15, -0.1) is 0 Å². The molecule has 1 aromatic carbocycles. The van der Waals surface area contributed by atoms with E-state index in [2.05, 4.69) is 0 Å². The highest BCUT2D eigenvalue weighted by Gasteiger charge is 2.23. The molecule has 0 unspecified atom stereocenters. The minimum Gasteiger partial charge on any atom is -0.484 e. The van der Waals surface area contributed by atoms with Gasteiger partial charge in [-0.3, -0.25) is 10.1 Å². The lowest BCUT2D eigenvalue weighted by Gasteiger charge is -2.09.